The highest BCUT2D eigenvalue weighted by Crippen LogP contribution is 2.39. The second-order valence-electron chi connectivity index (χ2n) is 7.84. The predicted molar refractivity (Wildman–Crippen MR) is 115 cm³/mol. The third-order valence-corrected chi connectivity index (χ3v) is 5.66. The minimum absolute atomic E-state index is 0.0639. The normalized spacial score (nSPS) is 12.5. The van der Waals surface area contributed by atoms with E-state index in [1.807, 2.05) is 30.3 Å². The van der Waals surface area contributed by atoms with Gasteiger partial charge in [-0.1, -0.05) is 42.5 Å². The fourth-order valence-electron chi connectivity index (χ4n) is 4.22. The number of nitrogens with zero attached hydrogens (tertiary/aromatic N) is 2. The van der Waals surface area contributed by atoms with Crippen LogP contribution in [-0.4, -0.2) is 15.7 Å². The summed E-state index contributed by atoms with van der Waals surface area (Å²) in [7, 11) is 0. The van der Waals surface area contributed by atoms with E-state index in [2.05, 4.69) is 17.2 Å². The van der Waals surface area contributed by atoms with Gasteiger partial charge in [0.2, 0.25) is 5.91 Å². The first kappa shape index (κ1) is 20.1. The molecule has 4 nitrogen and oxygen atoms in total. The van der Waals surface area contributed by atoms with E-state index in [1.54, 1.807) is 12.3 Å². The summed E-state index contributed by atoms with van der Waals surface area (Å²) < 4.78 is 40.8. The van der Waals surface area contributed by atoms with E-state index >= 15 is 0 Å². The average Bonchev–Trinajstić information content (AvgIpc) is 3.33. The molecule has 0 saturated heterocycles. The van der Waals surface area contributed by atoms with Crippen LogP contribution in [0.4, 0.5) is 13.2 Å². The molecule has 0 fully saturated rings. The van der Waals surface area contributed by atoms with Gasteiger partial charge in [0, 0.05) is 17.3 Å². The second-order valence-corrected chi connectivity index (χ2v) is 7.84. The number of carbonyl (C=O) groups excluding carboxylic acids is 1. The molecular weight excluding hydrogens is 415 g/mol. The van der Waals surface area contributed by atoms with Crippen LogP contribution < -0.4 is 5.73 Å². The topological polar surface area (TPSA) is 60.9 Å². The lowest BCUT2D eigenvalue weighted by atomic mass is 10.00. The summed E-state index contributed by atoms with van der Waals surface area (Å²) in [4.78, 5) is 11.7. The van der Waals surface area contributed by atoms with Crippen LogP contribution in [0.2, 0.25) is 0 Å². The number of halogens is 3. The summed E-state index contributed by atoms with van der Waals surface area (Å²) in [5.41, 5.74) is 11.5. The van der Waals surface area contributed by atoms with E-state index in [0.717, 1.165) is 35.2 Å². The van der Waals surface area contributed by atoms with Gasteiger partial charge in [-0.05, 0) is 52.9 Å². The lowest BCUT2D eigenvalue weighted by Gasteiger charge is -2.08. The highest BCUT2D eigenvalue weighted by molar-refractivity contribution is 5.82. The lowest BCUT2D eigenvalue weighted by Crippen LogP contribution is -2.13. The summed E-state index contributed by atoms with van der Waals surface area (Å²) >= 11 is 0. The van der Waals surface area contributed by atoms with Gasteiger partial charge in [0.25, 0.3) is 0 Å². The molecule has 7 heteroatoms. The van der Waals surface area contributed by atoms with Crippen molar-refractivity contribution in [2.75, 3.05) is 0 Å². The third-order valence-electron chi connectivity index (χ3n) is 5.66. The second kappa shape index (κ2) is 7.37. The molecule has 1 aliphatic carbocycles. The van der Waals surface area contributed by atoms with Crippen LogP contribution in [0.5, 0.6) is 0 Å². The molecule has 0 unspecified atom stereocenters. The molecular formula is C25H18F3N3O. The van der Waals surface area contributed by atoms with E-state index in [0.29, 0.717) is 11.3 Å². The zero-order valence-electron chi connectivity index (χ0n) is 16.9. The molecule has 0 saturated carbocycles. The lowest BCUT2D eigenvalue weighted by molar-refractivity contribution is -0.137. The van der Waals surface area contributed by atoms with Gasteiger partial charge in [-0.3, -0.25) is 4.79 Å². The Balaban J connectivity index is 1.59. The van der Waals surface area contributed by atoms with E-state index in [1.165, 1.54) is 21.9 Å². The molecule has 1 amide bonds. The molecule has 0 bridgehead atoms. The number of aromatic nitrogens is 2. The summed E-state index contributed by atoms with van der Waals surface area (Å²) in [6.45, 7) is 0. The fourth-order valence-corrected chi connectivity index (χ4v) is 4.22. The molecule has 0 radical (unpaired) electrons. The molecule has 0 aliphatic heterocycles. The molecule has 32 heavy (non-hydrogen) atoms. The Morgan fingerprint density at radius 2 is 1.75 bits per heavy atom. The van der Waals surface area contributed by atoms with E-state index in [-0.39, 0.29) is 12.1 Å². The smallest absolute Gasteiger partial charge is 0.369 e. The van der Waals surface area contributed by atoms with Crippen molar-refractivity contribution >= 4 is 5.91 Å². The molecule has 0 spiro atoms. The van der Waals surface area contributed by atoms with E-state index < -0.39 is 17.6 Å². The predicted octanol–water partition coefficient (Wildman–Crippen LogP) is 5.16. The molecule has 0 atom stereocenters. The number of rotatable bonds is 4. The van der Waals surface area contributed by atoms with Crippen molar-refractivity contribution in [1.29, 1.82) is 0 Å². The Labute approximate surface area is 182 Å². The summed E-state index contributed by atoms with van der Waals surface area (Å²) in [5.74, 6) is -0.539. The zero-order chi connectivity index (χ0) is 22.5. The van der Waals surface area contributed by atoms with Crippen LogP contribution in [-0.2, 0) is 23.8 Å². The van der Waals surface area contributed by atoms with Crippen LogP contribution in [0.3, 0.4) is 0 Å². The first-order valence-corrected chi connectivity index (χ1v) is 10.1. The molecule has 1 aliphatic rings. The van der Waals surface area contributed by atoms with Gasteiger partial charge in [0.1, 0.15) is 0 Å². The van der Waals surface area contributed by atoms with Gasteiger partial charge in [-0.25, -0.2) is 4.68 Å². The standard InChI is InChI=1S/C25H18F3N3O/c26-25(27,28)19-5-3-6-20(13-19)31-14-18(12-23(29)32)24(30-31)16-8-9-22-17(11-16)10-15-4-1-2-7-21(15)22/h1-9,11,13-14H,10,12H2,(H2,29,32). The molecule has 5 rings (SSSR count). The summed E-state index contributed by atoms with van der Waals surface area (Å²) in [6.07, 6.45) is -2.17. The maximum Gasteiger partial charge on any atom is 0.416 e. The van der Waals surface area contributed by atoms with Crippen LogP contribution in [0.1, 0.15) is 22.3 Å². The first-order chi connectivity index (χ1) is 15.3. The molecule has 1 heterocycles. The number of hydrogen-bond donors (Lipinski definition) is 1. The maximum atomic E-state index is 13.2. The SMILES string of the molecule is NC(=O)Cc1cn(-c2cccc(C(F)(F)F)c2)nc1-c1ccc2c(c1)Cc1ccccc1-2. The third kappa shape index (κ3) is 3.56. The number of primary amides is 1. The molecule has 3 aromatic carbocycles. The van der Waals surface area contributed by atoms with Crippen molar-refractivity contribution in [3.63, 3.8) is 0 Å². The fraction of sp³-hybridized carbons (Fsp3) is 0.120. The monoisotopic (exact) mass is 433 g/mol. The first-order valence-electron chi connectivity index (χ1n) is 10.1. The van der Waals surface area contributed by atoms with Crippen molar-refractivity contribution in [3.05, 3.63) is 95.2 Å². The molecule has 160 valence electrons. The number of benzene rings is 3. The van der Waals surface area contributed by atoms with Gasteiger partial charge in [0.15, 0.2) is 0 Å². The van der Waals surface area contributed by atoms with Gasteiger partial charge >= 0.3 is 6.18 Å². The Kier molecular flexibility index (Phi) is 4.62. The Morgan fingerprint density at radius 1 is 0.969 bits per heavy atom. The Morgan fingerprint density at radius 3 is 2.53 bits per heavy atom. The van der Waals surface area contributed by atoms with Crippen LogP contribution in [0, 0.1) is 0 Å². The number of hydrogen-bond acceptors (Lipinski definition) is 2. The van der Waals surface area contributed by atoms with Gasteiger partial charge < -0.3 is 5.73 Å². The summed E-state index contributed by atoms with van der Waals surface area (Å²) in [5, 5.41) is 4.54. The maximum absolute atomic E-state index is 13.2. The van der Waals surface area contributed by atoms with Crippen LogP contribution in [0.15, 0.2) is 72.9 Å². The van der Waals surface area contributed by atoms with Crippen LogP contribution >= 0.6 is 0 Å². The van der Waals surface area contributed by atoms with Gasteiger partial charge in [-0.2, -0.15) is 18.3 Å². The van der Waals surface area contributed by atoms with E-state index in [4.69, 9.17) is 5.73 Å². The number of nitrogens with two attached hydrogens (primary N) is 1. The minimum Gasteiger partial charge on any atom is -0.369 e. The van der Waals surface area contributed by atoms with Crippen molar-refractivity contribution in [2.24, 2.45) is 5.73 Å². The van der Waals surface area contributed by atoms with Crippen LogP contribution in [0.25, 0.3) is 28.1 Å². The number of amides is 1. The van der Waals surface area contributed by atoms with Gasteiger partial charge in [-0.15, -0.1) is 0 Å². The van der Waals surface area contributed by atoms with Crippen molar-refractivity contribution in [2.45, 2.75) is 19.0 Å². The molecule has 1 aromatic heterocycles. The minimum atomic E-state index is -4.46. The van der Waals surface area contributed by atoms with Crippen molar-refractivity contribution < 1.29 is 18.0 Å². The number of alkyl halides is 3. The Hall–Kier alpha value is -3.87. The molecule has 4 aromatic rings. The summed E-state index contributed by atoms with van der Waals surface area (Å²) in [6, 6.07) is 19.1. The van der Waals surface area contributed by atoms with Crippen molar-refractivity contribution in [1.82, 2.24) is 9.78 Å². The molecule has 2 N–H and O–H groups in total. The highest BCUT2D eigenvalue weighted by atomic mass is 19.4. The Bertz CT molecular complexity index is 1350. The van der Waals surface area contributed by atoms with Gasteiger partial charge in [0.05, 0.1) is 23.4 Å². The quantitative estimate of drug-likeness (QED) is 0.426. The largest absolute Gasteiger partial charge is 0.416 e. The van der Waals surface area contributed by atoms with E-state index in [9.17, 15) is 18.0 Å². The van der Waals surface area contributed by atoms with Crippen molar-refractivity contribution in [3.8, 4) is 28.1 Å². The highest BCUT2D eigenvalue weighted by Gasteiger charge is 2.30. The zero-order valence-corrected chi connectivity index (χ0v) is 16.9. The average molecular weight is 433 g/mol. The number of fused-ring (bicyclic) bond motifs is 3. The number of carbonyl (C=O) groups is 1.